The molecule has 0 N–H and O–H groups in total. The maximum atomic E-state index is 7.13. The summed E-state index contributed by atoms with van der Waals surface area (Å²) in [6.45, 7) is 8.97. The zero-order valence-electron chi connectivity index (χ0n) is 43.8. The number of benzene rings is 10. The molecule has 0 unspecified atom stereocenters. The summed E-state index contributed by atoms with van der Waals surface area (Å²) in [4.78, 5) is 7.71. The molecule has 0 saturated carbocycles. The number of hydrogen-bond donors (Lipinski definition) is 0. The van der Waals surface area contributed by atoms with Gasteiger partial charge in [0.2, 0.25) is 0 Å². The first-order valence-corrected chi connectivity index (χ1v) is 27.8. The standard InChI is InChI=1S/C72H54N4O.Pt/c1-48-43-69(73-46-60(48)51-37-39-52(40-38-51)71(2,3)4)76-65-34-16-15-33-63(65)72(61-31-13-11-27-58(61)59-28-12-14-32-62(59)72)64-42-41-55(45-68(64)76)77-54-26-19-25-53(44-54)74-47-75(67-36-18-17-35-66(67)74)70-56(49-21-7-5-8-22-49)29-20-30-57(70)50-23-9-6-10-24-50;/h5-46H,1-4H3;. The van der Waals surface area contributed by atoms with Crippen LogP contribution in [0.15, 0.2) is 255 Å². The Balaban J connectivity index is 0.919. The fourth-order valence-electron chi connectivity index (χ4n) is 12.4. The summed E-state index contributed by atoms with van der Waals surface area (Å²) >= 11 is 2.52. The molecule has 6 heteroatoms. The van der Waals surface area contributed by atoms with E-state index in [9.17, 15) is 0 Å². The van der Waals surface area contributed by atoms with E-state index < -0.39 is 5.41 Å². The molecular formula is C72H54N4OPt. The van der Waals surface area contributed by atoms with Crippen molar-refractivity contribution in [2.24, 2.45) is 0 Å². The normalized spacial score (nSPS) is 13.0. The third-order valence-corrected chi connectivity index (χ3v) is 17.0. The Hall–Kier alpha value is -8.89. The van der Waals surface area contributed by atoms with Crippen molar-refractivity contribution in [3.05, 3.63) is 292 Å². The molecule has 12 aromatic rings. The second-order valence-corrected chi connectivity index (χ2v) is 22.5. The van der Waals surface area contributed by atoms with Crippen molar-refractivity contribution in [3.8, 4) is 67.4 Å². The number of fused-ring (bicyclic) bond motifs is 10. The first-order chi connectivity index (χ1) is 38.2. The number of aromatic nitrogens is 3. The minimum absolute atomic E-state index is 0.0667. The molecule has 78 heavy (non-hydrogen) atoms. The van der Waals surface area contributed by atoms with Crippen LogP contribution in [0.5, 0.6) is 11.5 Å². The van der Waals surface area contributed by atoms with Gasteiger partial charge in [0.25, 0.3) is 0 Å². The van der Waals surface area contributed by atoms with E-state index in [1.54, 1.807) is 0 Å². The molecule has 0 saturated heterocycles. The Kier molecular flexibility index (Phi) is 11.4. The van der Waals surface area contributed by atoms with Gasteiger partial charge in [0.05, 0.1) is 0 Å². The molecular weight excluding hydrogens is 1130 g/mol. The summed E-state index contributed by atoms with van der Waals surface area (Å²) in [5.41, 5.74) is 22.7. The summed E-state index contributed by atoms with van der Waals surface area (Å²) in [7, 11) is 0. The van der Waals surface area contributed by atoms with Crippen LogP contribution in [0, 0.1) is 10.7 Å². The van der Waals surface area contributed by atoms with Gasteiger partial charge in [-0.1, -0.05) is 112 Å². The fourth-order valence-corrected chi connectivity index (χ4v) is 13.5. The summed E-state index contributed by atoms with van der Waals surface area (Å²) in [5.74, 6) is 2.30. The van der Waals surface area contributed by atoms with Crippen LogP contribution in [0.2, 0.25) is 0 Å². The van der Waals surface area contributed by atoms with Crippen molar-refractivity contribution < 1.29 is 24.1 Å². The van der Waals surface area contributed by atoms with Crippen LogP contribution in [0.1, 0.15) is 54.2 Å². The van der Waals surface area contributed by atoms with Crippen LogP contribution in [0.25, 0.3) is 66.9 Å². The van der Waals surface area contributed by atoms with Crippen molar-refractivity contribution in [2.45, 2.75) is 38.5 Å². The quantitative estimate of drug-likeness (QED) is 0.152. The predicted molar refractivity (Wildman–Crippen MR) is 315 cm³/mol. The Morgan fingerprint density at radius 3 is 1.60 bits per heavy atom. The van der Waals surface area contributed by atoms with Gasteiger partial charge in [-0.25, -0.2) is 0 Å². The predicted octanol–water partition coefficient (Wildman–Crippen LogP) is 18.4. The maximum absolute atomic E-state index is 7.13. The van der Waals surface area contributed by atoms with Crippen molar-refractivity contribution in [3.63, 3.8) is 0 Å². The first kappa shape index (κ1) is 47.6. The smallest absolute Gasteiger partial charge is 0.0579 e. The van der Waals surface area contributed by atoms with Gasteiger partial charge in [-0.3, -0.25) is 0 Å². The molecule has 1 aliphatic carbocycles. The van der Waals surface area contributed by atoms with Gasteiger partial charge in [0, 0.05) is 11.8 Å². The van der Waals surface area contributed by atoms with E-state index in [-0.39, 0.29) is 5.41 Å². The molecule has 0 bridgehead atoms. The van der Waals surface area contributed by atoms with Crippen molar-refractivity contribution in [2.75, 3.05) is 4.90 Å². The number of nitrogens with zero attached hydrogens (tertiary/aromatic N) is 4. The van der Waals surface area contributed by atoms with Crippen LogP contribution in [-0.2, 0) is 30.2 Å². The molecule has 1 aliphatic heterocycles. The number of imidazole rings is 1. The number of aryl methyl sites for hydroxylation is 1. The van der Waals surface area contributed by atoms with E-state index in [0.29, 0.717) is 0 Å². The molecule has 0 fully saturated rings. The van der Waals surface area contributed by atoms with Crippen molar-refractivity contribution in [1.29, 1.82) is 0 Å². The molecule has 0 amide bonds. The van der Waals surface area contributed by atoms with E-state index in [4.69, 9.17) is 9.72 Å². The van der Waals surface area contributed by atoms with E-state index in [0.717, 1.165) is 93.8 Å². The topological polar surface area (TPSA) is 35.2 Å². The van der Waals surface area contributed by atoms with Gasteiger partial charge in [-0.15, -0.1) is 0 Å². The zero-order valence-corrected chi connectivity index (χ0v) is 46.0. The number of hydrogen-bond acceptors (Lipinski definition) is 3. The molecule has 378 valence electrons. The van der Waals surface area contributed by atoms with Crippen LogP contribution in [0.4, 0.5) is 17.2 Å². The van der Waals surface area contributed by atoms with Gasteiger partial charge in [0.15, 0.2) is 0 Å². The summed E-state index contributed by atoms with van der Waals surface area (Å²) < 4.78 is 12.9. The minimum atomic E-state index is -0.598. The Labute approximate surface area is 466 Å². The zero-order chi connectivity index (χ0) is 52.7. The van der Waals surface area contributed by atoms with Gasteiger partial charge in [-0.05, 0) is 40.2 Å². The van der Waals surface area contributed by atoms with E-state index in [1.165, 1.54) is 38.9 Å². The van der Waals surface area contributed by atoms with Gasteiger partial charge in [-0.2, -0.15) is 0 Å². The van der Waals surface area contributed by atoms with Crippen LogP contribution in [0.3, 0.4) is 0 Å². The number of pyridine rings is 1. The summed E-state index contributed by atoms with van der Waals surface area (Å²) in [6, 6.07) is 90.0. The average Bonchev–Trinajstić information content (AvgIpc) is 3.40. The average molecular weight is 1190 g/mol. The fraction of sp³-hybridized carbons (Fsp3) is 0.0833. The van der Waals surface area contributed by atoms with Gasteiger partial charge >= 0.3 is 306 Å². The molecule has 0 radical (unpaired) electrons. The number of para-hydroxylation sites is 4. The molecule has 0 atom stereocenters. The van der Waals surface area contributed by atoms with E-state index >= 15 is 0 Å². The summed E-state index contributed by atoms with van der Waals surface area (Å²) in [6.07, 6.45) is 2.05. The van der Waals surface area contributed by atoms with Gasteiger partial charge in [0.1, 0.15) is 0 Å². The van der Waals surface area contributed by atoms with Gasteiger partial charge < -0.3 is 0 Å². The number of rotatable bonds is 8. The van der Waals surface area contributed by atoms with Crippen LogP contribution >= 0.6 is 0 Å². The molecule has 1 spiro atoms. The second kappa shape index (κ2) is 18.7. The monoisotopic (exact) mass is 1190 g/mol. The molecule has 3 heterocycles. The number of ether oxygens (including phenoxy) is 1. The van der Waals surface area contributed by atoms with Crippen molar-refractivity contribution in [1.82, 2.24) is 14.1 Å². The third-order valence-electron chi connectivity index (χ3n) is 15.9. The van der Waals surface area contributed by atoms with E-state index in [2.05, 4.69) is 310 Å². The minimum Gasteiger partial charge on any atom is -0.0579 e. The Morgan fingerprint density at radius 2 is 0.962 bits per heavy atom. The summed E-state index contributed by atoms with van der Waals surface area (Å²) in [5, 5.41) is 0. The molecule has 2 aromatic heterocycles. The number of anilines is 3. The molecule has 5 nitrogen and oxygen atoms in total. The first-order valence-electron chi connectivity index (χ1n) is 26.7. The molecule has 10 aromatic carbocycles. The second-order valence-electron chi connectivity index (χ2n) is 21.5. The third kappa shape index (κ3) is 7.55. The van der Waals surface area contributed by atoms with E-state index in [1.807, 2.05) is 6.20 Å². The van der Waals surface area contributed by atoms with Crippen LogP contribution < -0.4 is 9.64 Å². The van der Waals surface area contributed by atoms with Crippen molar-refractivity contribution >= 4 is 28.2 Å². The SMILES string of the molecule is Cc1cc(N2c3ccccc3C3(c4ccccc4-c4ccccc43)c3ccc(Oc4cccc(-n5[c](=[Pt])n(-c6c(-c7ccccc7)cccc6-c6ccccc6)c6ccccc65)c4)cc32)ncc1-c1ccc(C(C)(C)C)cc1. The van der Waals surface area contributed by atoms with Crippen LogP contribution in [-0.4, -0.2) is 14.1 Å². The Morgan fingerprint density at radius 1 is 0.436 bits per heavy atom. The molecule has 2 aliphatic rings. The molecule has 14 rings (SSSR count). The Bertz CT molecular complexity index is 4270.